The molecular formula is C27H29F3O8S2. The number of hydrogen-bond acceptors (Lipinski definition) is 8. The fourth-order valence-electron chi connectivity index (χ4n) is 3.02. The molecule has 3 rings (SSSR count). The second-order valence-electron chi connectivity index (χ2n) is 8.90. The molecule has 3 aromatic carbocycles. The van der Waals surface area contributed by atoms with E-state index in [4.69, 9.17) is 31.9 Å². The molecule has 0 bridgehead atoms. The minimum absolute atomic E-state index is 0.126. The van der Waals surface area contributed by atoms with Gasteiger partial charge in [-0.15, -0.1) is 0 Å². The van der Waals surface area contributed by atoms with E-state index in [0.29, 0.717) is 5.75 Å². The van der Waals surface area contributed by atoms with Crippen LogP contribution < -0.4 is 14.2 Å². The van der Waals surface area contributed by atoms with Crippen molar-refractivity contribution >= 4 is 27.0 Å². The summed E-state index contributed by atoms with van der Waals surface area (Å²) >= 11 is 0. The highest BCUT2D eigenvalue weighted by atomic mass is 32.2. The summed E-state index contributed by atoms with van der Waals surface area (Å²) in [6.45, 7) is 5.37. The molecule has 0 fully saturated rings. The lowest BCUT2D eigenvalue weighted by Crippen LogP contribution is -2.27. The predicted molar refractivity (Wildman–Crippen MR) is 142 cm³/mol. The molecule has 0 radical (unpaired) electrons. The van der Waals surface area contributed by atoms with Gasteiger partial charge in [0.1, 0.15) is 22.8 Å². The van der Waals surface area contributed by atoms with E-state index in [1.54, 1.807) is 14.2 Å². The van der Waals surface area contributed by atoms with E-state index in [1.165, 1.54) is 9.79 Å². The van der Waals surface area contributed by atoms with E-state index >= 15 is 0 Å². The maximum atomic E-state index is 11.9. The van der Waals surface area contributed by atoms with Crippen molar-refractivity contribution in [1.82, 2.24) is 0 Å². The lowest BCUT2D eigenvalue weighted by Gasteiger charge is -2.19. The van der Waals surface area contributed by atoms with Gasteiger partial charge in [0, 0.05) is 0 Å². The van der Waals surface area contributed by atoms with E-state index in [2.05, 4.69) is 24.3 Å². The van der Waals surface area contributed by atoms with Crippen molar-refractivity contribution in [2.75, 3.05) is 20.8 Å². The van der Waals surface area contributed by atoms with Gasteiger partial charge in [-0.1, -0.05) is 0 Å². The maximum absolute atomic E-state index is 11.9. The van der Waals surface area contributed by atoms with Crippen LogP contribution in [0.5, 0.6) is 17.2 Å². The minimum atomic E-state index is -6.09. The van der Waals surface area contributed by atoms with E-state index < -0.39 is 27.2 Å². The van der Waals surface area contributed by atoms with E-state index in [1.807, 2.05) is 69.3 Å². The maximum Gasteiger partial charge on any atom is 0.485 e. The molecule has 0 aromatic heterocycles. The molecule has 0 aliphatic rings. The Balaban J connectivity index is 0.000000611. The average Bonchev–Trinajstić information content (AvgIpc) is 2.87. The number of halogens is 3. The Morgan fingerprint density at radius 2 is 1.07 bits per heavy atom. The number of alkyl halides is 3. The van der Waals surface area contributed by atoms with Crippen LogP contribution in [-0.2, 0) is 30.5 Å². The molecule has 3 aromatic rings. The first-order chi connectivity index (χ1) is 18.5. The Hall–Kier alpha value is -3.42. The van der Waals surface area contributed by atoms with Gasteiger partial charge in [-0.3, -0.25) is 0 Å². The molecule has 0 atom stereocenters. The van der Waals surface area contributed by atoms with Gasteiger partial charge in [0.05, 0.1) is 25.1 Å². The zero-order chi connectivity index (χ0) is 30.1. The summed E-state index contributed by atoms with van der Waals surface area (Å²) in [5.41, 5.74) is -6.18. The van der Waals surface area contributed by atoms with E-state index in [0.717, 1.165) is 16.4 Å². The van der Waals surface area contributed by atoms with Crippen LogP contribution in [0.1, 0.15) is 20.8 Å². The number of hydrogen-bond donors (Lipinski definition) is 0. The van der Waals surface area contributed by atoms with Gasteiger partial charge in [0.25, 0.3) is 0 Å². The number of ether oxygens (including phenoxy) is 4. The fourth-order valence-corrected chi connectivity index (χ4v) is 5.06. The highest BCUT2D eigenvalue weighted by Crippen LogP contribution is 2.34. The molecule has 0 aliphatic carbocycles. The normalized spacial score (nSPS) is 11.8. The summed E-state index contributed by atoms with van der Waals surface area (Å²) in [4.78, 5) is 15.4. The van der Waals surface area contributed by atoms with Crippen molar-refractivity contribution < 1.29 is 49.9 Å². The Kier molecular flexibility index (Phi) is 11.3. The number of benzene rings is 3. The Morgan fingerprint density at radius 1 is 0.750 bits per heavy atom. The molecule has 0 spiro atoms. The molecule has 0 amide bonds. The smallest absolute Gasteiger partial charge is 0.485 e. The van der Waals surface area contributed by atoms with Gasteiger partial charge in [-0.2, -0.15) is 13.2 Å². The van der Waals surface area contributed by atoms with Gasteiger partial charge in [-0.05, 0) is 93.6 Å². The standard InChI is InChI=1S/C26H29O5S.CHF3O3S/c1-26(2,3)31-25(27)18-30-21-10-16-24(17-11-21)32(22-12-6-19(28-4)7-13-22)23-14-8-20(29-5)9-15-23;2-1(3,4)8(5,6)7/h6-17H,18H2,1-5H3;(H,5,6,7)/q+1;/p-1. The summed E-state index contributed by atoms with van der Waals surface area (Å²) in [5, 5.41) is 0. The van der Waals surface area contributed by atoms with Crippen LogP contribution in [0.25, 0.3) is 0 Å². The lowest BCUT2D eigenvalue weighted by molar-refractivity contribution is -0.157. The number of esters is 1. The molecule has 0 saturated carbocycles. The predicted octanol–water partition coefficient (Wildman–Crippen LogP) is 5.57. The fraction of sp³-hybridized carbons (Fsp3) is 0.296. The van der Waals surface area contributed by atoms with Crippen molar-refractivity contribution in [3.05, 3.63) is 72.8 Å². The zero-order valence-corrected chi connectivity index (χ0v) is 24.0. The van der Waals surface area contributed by atoms with Crippen molar-refractivity contribution in [2.45, 2.75) is 46.6 Å². The van der Waals surface area contributed by atoms with Crippen LogP contribution in [-0.4, -0.2) is 50.9 Å². The molecular weight excluding hydrogens is 573 g/mol. The molecule has 8 nitrogen and oxygen atoms in total. The van der Waals surface area contributed by atoms with Gasteiger partial charge in [-0.25, -0.2) is 13.2 Å². The second-order valence-corrected chi connectivity index (χ2v) is 12.3. The van der Waals surface area contributed by atoms with Gasteiger partial charge >= 0.3 is 11.5 Å². The first kappa shape index (κ1) is 32.8. The molecule has 0 aliphatic heterocycles. The summed E-state index contributed by atoms with van der Waals surface area (Å²) in [6, 6.07) is 24.0. The van der Waals surface area contributed by atoms with Crippen molar-refractivity contribution in [2.24, 2.45) is 0 Å². The summed E-state index contributed by atoms with van der Waals surface area (Å²) in [6.07, 6.45) is 0. The second kappa shape index (κ2) is 13.8. The Bertz CT molecular complexity index is 1290. The van der Waals surface area contributed by atoms with Crippen molar-refractivity contribution in [3.63, 3.8) is 0 Å². The molecule has 218 valence electrons. The van der Waals surface area contributed by atoms with Crippen LogP contribution >= 0.6 is 0 Å². The molecule has 0 N–H and O–H groups in total. The molecule has 13 heteroatoms. The highest BCUT2D eigenvalue weighted by Gasteiger charge is 2.37. The highest BCUT2D eigenvalue weighted by molar-refractivity contribution is 7.97. The summed E-state index contributed by atoms with van der Waals surface area (Å²) < 4.78 is 80.4. The van der Waals surface area contributed by atoms with Crippen molar-refractivity contribution in [3.8, 4) is 17.2 Å². The Labute approximate surface area is 234 Å². The van der Waals surface area contributed by atoms with Crippen LogP contribution in [0.15, 0.2) is 87.5 Å². The zero-order valence-electron chi connectivity index (χ0n) is 22.4. The third-order valence-corrected chi connectivity index (χ3v) is 7.51. The van der Waals surface area contributed by atoms with Crippen LogP contribution in [0.2, 0.25) is 0 Å². The quantitative estimate of drug-likeness (QED) is 0.142. The number of rotatable bonds is 8. The Morgan fingerprint density at radius 3 is 1.35 bits per heavy atom. The first-order valence-electron chi connectivity index (χ1n) is 11.5. The molecule has 0 heterocycles. The minimum Gasteiger partial charge on any atom is -0.741 e. The van der Waals surface area contributed by atoms with E-state index in [-0.39, 0.29) is 17.5 Å². The number of carbonyl (C=O) groups is 1. The van der Waals surface area contributed by atoms with Gasteiger partial charge < -0.3 is 23.5 Å². The topological polar surface area (TPSA) is 111 Å². The SMILES string of the molecule is COc1ccc([S+](c2ccc(OC)cc2)c2ccc(OCC(=O)OC(C)(C)C)cc2)cc1.O=S(=O)([O-])C(F)(F)F. The monoisotopic (exact) mass is 602 g/mol. The summed E-state index contributed by atoms with van der Waals surface area (Å²) in [5.74, 6) is 1.86. The van der Waals surface area contributed by atoms with Crippen LogP contribution in [0.3, 0.4) is 0 Å². The molecule has 0 unspecified atom stereocenters. The largest absolute Gasteiger partial charge is 0.741 e. The van der Waals surface area contributed by atoms with Gasteiger partial charge in [0.2, 0.25) is 0 Å². The molecule has 0 saturated heterocycles. The number of methoxy groups -OCH3 is 2. The van der Waals surface area contributed by atoms with E-state index in [9.17, 15) is 18.0 Å². The molecule has 40 heavy (non-hydrogen) atoms. The van der Waals surface area contributed by atoms with Crippen molar-refractivity contribution in [1.29, 1.82) is 0 Å². The van der Waals surface area contributed by atoms with Gasteiger partial charge in [0.15, 0.2) is 31.4 Å². The lowest BCUT2D eigenvalue weighted by atomic mass is 10.2. The first-order valence-corrected chi connectivity index (χ1v) is 14.2. The third kappa shape index (κ3) is 10.3. The van der Waals surface area contributed by atoms with Crippen LogP contribution in [0, 0.1) is 0 Å². The summed E-state index contributed by atoms with van der Waals surface area (Å²) in [7, 11) is -3.10. The average molecular weight is 603 g/mol. The third-order valence-electron chi connectivity index (χ3n) is 4.71. The van der Waals surface area contributed by atoms with Crippen LogP contribution in [0.4, 0.5) is 13.2 Å². The number of carbonyl (C=O) groups excluding carboxylic acids is 1.